The zero-order valence-corrected chi connectivity index (χ0v) is 24.8. The molecule has 1 saturated heterocycles. The molecule has 0 bridgehead atoms. The van der Waals surface area contributed by atoms with Crippen LogP contribution < -0.4 is 10.7 Å². The summed E-state index contributed by atoms with van der Waals surface area (Å²) in [5.41, 5.74) is 10.8. The highest BCUT2D eigenvalue weighted by Gasteiger charge is 2.40. The van der Waals surface area contributed by atoms with E-state index in [1.807, 2.05) is 40.1 Å². The summed E-state index contributed by atoms with van der Waals surface area (Å²) < 4.78 is 0. The van der Waals surface area contributed by atoms with Crippen molar-refractivity contribution < 1.29 is 15.0 Å². The van der Waals surface area contributed by atoms with Gasteiger partial charge in [-0.25, -0.2) is 0 Å². The first kappa shape index (κ1) is 28.0. The van der Waals surface area contributed by atoms with E-state index in [1.165, 1.54) is 5.56 Å². The van der Waals surface area contributed by atoms with Crippen molar-refractivity contribution in [2.45, 2.75) is 43.8 Å². The van der Waals surface area contributed by atoms with Crippen molar-refractivity contribution in [3.8, 4) is 0 Å². The molecule has 4 atom stereocenters. The van der Waals surface area contributed by atoms with Crippen molar-refractivity contribution in [3.05, 3.63) is 100 Å². The first-order valence-electron chi connectivity index (χ1n) is 15.3. The molecule has 4 unspecified atom stereocenters. The van der Waals surface area contributed by atoms with E-state index in [0.717, 1.165) is 58.6 Å². The van der Waals surface area contributed by atoms with Gasteiger partial charge in [0.15, 0.2) is 6.23 Å². The molecule has 4 aliphatic rings. The first-order chi connectivity index (χ1) is 20.9. The second kappa shape index (κ2) is 11.4. The maximum absolute atomic E-state index is 12.5. The number of anilines is 1. The van der Waals surface area contributed by atoms with Gasteiger partial charge in [0.25, 0.3) is 0 Å². The molecule has 0 spiro atoms. The number of rotatable bonds is 7. The van der Waals surface area contributed by atoms with E-state index in [2.05, 4.69) is 66.1 Å². The summed E-state index contributed by atoms with van der Waals surface area (Å²) in [4.78, 5) is 18.6. The molecule has 224 valence electrons. The van der Waals surface area contributed by atoms with Gasteiger partial charge in [0.1, 0.15) is 6.23 Å². The van der Waals surface area contributed by atoms with Crippen LogP contribution in [-0.2, 0) is 11.3 Å². The Hall–Kier alpha value is -3.76. The number of aliphatic hydroxyl groups is 2. The molecule has 4 N–H and O–H groups in total. The van der Waals surface area contributed by atoms with E-state index >= 15 is 0 Å². The maximum Gasteiger partial charge on any atom is 0.225 e. The molecule has 3 aliphatic heterocycles. The molecule has 43 heavy (non-hydrogen) atoms. The Morgan fingerprint density at radius 3 is 2.35 bits per heavy atom. The van der Waals surface area contributed by atoms with Crippen molar-refractivity contribution in [3.63, 3.8) is 0 Å². The highest BCUT2D eigenvalue weighted by molar-refractivity contribution is 6.13. The van der Waals surface area contributed by atoms with Crippen LogP contribution in [0.25, 0.3) is 0 Å². The molecular weight excluding hydrogens is 540 g/mol. The molecule has 3 heterocycles. The van der Waals surface area contributed by atoms with Gasteiger partial charge in [0.2, 0.25) is 5.91 Å². The minimum atomic E-state index is -0.861. The molecular formula is C34H40N6O3. The van der Waals surface area contributed by atoms with Crippen LogP contribution in [0.2, 0.25) is 0 Å². The lowest BCUT2D eigenvalue weighted by molar-refractivity contribution is -0.136. The summed E-state index contributed by atoms with van der Waals surface area (Å²) in [5.74, 6) is 0.378. The van der Waals surface area contributed by atoms with E-state index in [4.69, 9.17) is 5.10 Å². The van der Waals surface area contributed by atoms with Gasteiger partial charge in [-0.3, -0.25) is 15.1 Å². The average Bonchev–Trinajstić information content (AvgIpc) is 3.88. The van der Waals surface area contributed by atoms with Gasteiger partial charge in [-0.05, 0) is 55.3 Å². The molecule has 3 aromatic rings. The lowest BCUT2D eigenvalue weighted by Crippen LogP contribution is -2.50. The van der Waals surface area contributed by atoms with Crippen LogP contribution >= 0.6 is 0 Å². The molecule has 0 aromatic heterocycles. The Kier molecular flexibility index (Phi) is 7.43. The van der Waals surface area contributed by atoms with Crippen LogP contribution in [0.4, 0.5) is 5.69 Å². The number of benzene rings is 3. The Labute approximate surface area is 252 Å². The van der Waals surface area contributed by atoms with Gasteiger partial charge >= 0.3 is 0 Å². The number of hydrogen-bond acceptors (Lipinski definition) is 8. The Morgan fingerprint density at radius 1 is 0.977 bits per heavy atom. The number of amides is 1. The molecule has 1 aliphatic carbocycles. The summed E-state index contributed by atoms with van der Waals surface area (Å²) in [6.45, 7) is 3.51. The SMILES string of the molecule is CN(C)Cc1ccc(C2Nc3cccc4c3C(=NNC4O)C2c2ccc(C(O)N3CCN(C(=O)C4CC4)CC3)cc2)cc1. The molecule has 3 aromatic carbocycles. The standard InChI is InChI=1S/C34H40N6O3/c1-38(2)20-21-6-8-23(9-7-21)30-28(31-29-26(32(41)37-36-31)4-3-5-27(29)35-30)22-10-12-24(13-11-22)33(42)39-16-18-40(19-17-39)34(43)25-14-15-25/h3-13,25,28,30,32-33,35,37,41-42H,14-20H2,1-2H3. The van der Waals surface area contributed by atoms with Gasteiger partial charge < -0.3 is 25.3 Å². The fourth-order valence-corrected chi connectivity index (χ4v) is 6.78. The molecule has 2 fully saturated rings. The van der Waals surface area contributed by atoms with Crippen molar-refractivity contribution in [1.82, 2.24) is 20.1 Å². The van der Waals surface area contributed by atoms with Crippen LogP contribution in [0, 0.1) is 5.92 Å². The van der Waals surface area contributed by atoms with Gasteiger partial charge in [0, 0.05) is 55.5 Å². The molecule has 9 nitrogen and oxygen atoms in total. The average molecular weight is 581 g/mol. The van der Waals surface area contributed by atoms with E-state index < -0.39 is 12.5 Å². The Balaban J connectivity index is 1.17. The minimum Gasteiger partial charge on any atom is -0.377 e. The minimum absolute atomic E-state index is 0.0835. The summed E-state index contributed by atoms with van der Waals surface area (Å²) in [7, 11) is 4.14. The van der Waals surface area contributed by atoms with Crippen LogP contribution in [0.1, 0.15) is 70.6 Å². The highest BCUT2D eigenvalue weighted by Crippen LogP contribution is 2.46. The molecule has 0 radical (unpaired) electrons. The van der Waals surface area contributed by atoms with E-state index in [-0.39, 0.29) is 23.8 Å². The van der Waals surface area contributed by atoms with Crippen molar-refractivity contribution in [2.24, 2.45) is 11.0 Å². The number of aliphatic hydroxyl groups excluding tert-OH is 2. The monoisotopic (exact) mass is 580 g/mol. The van der Waals surface area contributed by atoms with E-state index in [0.29, 0.717) is 26.2 Å². The molecule has 1 amide bonds. The topological polar surface area (TPSA) is 104 Å². The summed E-state index contributed by atoms with van der Waals surface area (Å²) in [6.07, 6.45) is 0.445. The van der Waals surface area contributed by atoms with Crippen LogP contribution in [0.15, 0.2) is 71.8 Å². The lowest BCUT2D eigenvalue weighted by Gasteiger charge is -2.40. The van der Waals surface area contributed by atoms with E-state index in [9.17, 15) is 15.0 Å². The lowest BCUT2D eigenvalue weighted by atomic mass is 9.76. The van der Waals surface area contributed by atoms with Gasteiger partial charge in [-0.2, -0.15) is 5.10 Å². The van der Waals surface area contributed by atoms with Crippen molar-refractivity contribution in [1.29, 1.82) is 0 Å². The van der Waals surface area contributed by atoms with Gasteiger partial charge in [-0.15, -0.1) is 0 Å². The quantitative estimate of drug-likeness (QED) is 0.339. The predicted octanol–water partition coefficient (Wildman–Crippen LogP) is 3.54. The van der Waals surface area contributed by atoms with Crippen molar-refractivity contribution in [2.75, 3.05) is 45.6 Å². The normalized spacial score (nSPS) is 24.1. The summed E-state index contributed by atoms with van der Waals surface area (Å²) in [5, 5.41) is 30.4. The first-order valence-corrected chi connectivity index (χ1v) is 15.3. The number of carbonyl (C=O) groups excluding carboxylic acids is 1. The smallest absolute Gasteiger partial charge is 0.225 e. The van der Waals surface area contributed by atoms with Crippen LogP contribution in [-0.4, -0.2) is 76.8 Å². The van der Waals surface area contributed by atoms with Crippen LogP contribution in [0.5, 0.6) is 0 Å². The third kappa shape index (κ3) is 5.42. The van der Waals surface area contributed by atoms with Crippen LogP contribution in [0.3, 0.4) is 0 Å². The number of piperazine rings is 1. The number of nitrogens with one attached hydrogen (secondary N) is 2. The second-order valence-corrected chi connectivity index (χ2v) is 12.6. The third-order valence-corrected chi connectivity index (χ3v) is 9.22. The number of hydrazone groups is 1. The zero-order chi connectivity index (χ0) is 29.7. The Bertz CT molecular complexity index is 1510. The Morgan fingerprint density at radius 2 is 1.67 bits per heavy atom. The van der Waals surface area contributed by atoms with Gasteiger partial charge in [0.05, 0.1) is 17.7 Å². The maximum atomic E-state index is 12.5. The fourth-order valence-electron chi connectivity index (χ4n) is 6.78. The third-order valence-electron chi connectivity index (χ3n) is 9.22. The largest absolute Gasteiger partial charge is 0.377 e. The van der Waals surface area contributed by atoms with Crippen molar-refractivity contribution >= 4 is 17.3 Å². The summed E-state index contributed by atoms with van der Waals surface area (Å²) >= 11 is 0. The number of carbonyl (C=O) groups is 1. The highest BCUT2D eigenvalue weighted by atomic mass is 16.3. The molecule has 1 saturated carbocycles. The molecule has 7 rings (SSSR count). The summed E-state index contributed by atoms with van der Waals surface area (Å²) in [6, 6.07) is 22.8. The second-order valence-electron chi connectivity index (χ2n) is 12.6. The molecule has 9 heteroatoms. The van der Waals surface area contributed by atoms with E-state index in [1.54, 1.807) is 0 Å². The fraction of sp³-hybridized carbons (Fsp3) is 0.412. The number of hydrogen-bond donors (Lipinski definition) is 4. The predicted molar refractivity (Wildman–Crippen MR) is 166 cm³/mol. The number of nitrogens with zero attached hydrogens (tertiary/aromatic N) is 4. The zero-order valence-electron chi connectivity index (χ0n) is 24.8. The van der Waals surface area contributed by atoms with Gasteiger partial charge in [-0.1, -0.05) is 60.7 Å².